The van der Waals surface area contributed by atoms with Crippen LogP contribution in [0.1, 0.15) is 43.2 Å². The van der Waals surface area contributed by atoms with E-state index < -0.39 is 0 Å². The smallest absolute Gasteiger partial charge is 0.0588 e. The van der Waals surface area contributed by atoms with Gasteiger partial charge in [-0.2, -0.15) is 0 Å². The van der Waals surface area contributed by atoms with Crippen molar-refractivity contribution < 1.29 is 4.74 Å². The van der Waals surface area contributed by atoms with Crippen LogP contribution in [-0.4, -0.2) is 25.8 Å². The molecule has 3 rings (SSSR count). The van der Waals surface area contributed by atoms with Gasteiger partial charge in [0.1, 0.15) is 0 Å². The van der Waals surface area contributed by atoms with E-state index >= 15 is 0 Å². The Bertz CT molecular complexity index is 417. The van der Waals surface area contributed by atoms with E-state index in [1.807, 2.05) is 0 Å². The van der Waals surface area contributed by atoms with Gasteiger partial charge in [0.05, 0.1) is 6.10 Å². The molecular weight excluding hydrogens is 234 g/mol. The Morgan fingerprint density at radius 2 is 2.11 bits per heavy atom. The van der Waals surface area contributed by atoms with Crippen LogP contribution in [0.2, 0.25) is 0 Å². The van der Waals surface area contributed by atoms with Crippen molar-refractivity contribution in [3.63, 3.8) is 0 Å². The van der Waals surface area contributed by atoms with Crippen molar-refractivity contribution in [2.75, 3.05) is 19.7 Å². The molecule has 1 aliphatic carbocycles. The fourth-order valence-corrected chi connectivity index (χ4v) is 3.55. The van der Waals surface area contributed by atoms with Crippen LogP contribution in [0.5, 0.6) is 0 Å². The number of benzene rings is 1. The molecule has 19 heavy (non-hydrogen) atoms. The fourth-order valence-electron chi connectivity index (χ4n) is 3.55. The number of nitrogens with one attached hydrogen (secondary N) is 1. The lowest BCUT2D eigenvalue weighted by Crippen LogP contribution is -2.31. The molecule has 0 aromatic heterocycles. The Morgan fingerprint density at radius 1 is 1.21 bits per heavy atom. The number of ether oxygens (including phenoxy) is 1. The van der Waals surface area contributed by atoms with Gasteiger partial charge in [-0.05, 0) is 55.6 Å². The highest BCUT2D eigenvalue weighted by molar-refractivity contribution is 5.32. The summed E-state index contributed by atoms with van der Waals surface area (Å²) in [7, 11) is 0. The molecule has 104 valence electrons. The topological polar surface area (TPSA) is 21.3 Å². The highest BCUT2D eigenvalue weighted by atomic mass is 16.5. The van der Waals surface area contributed by atoms with Crippen LogP contribution in [0.25, 0.3) is 0 Å². The van der Waals surface area contributed by atoms with Crippen LogP contribution in [-0.2, 0) is 11.2 Å². The van der Waals surface area contributed by atoms with E-state index in [9.17, 15) is 0 Å². The largest absolute Gasteiger partial charge is 0.378 e. The fraction of sp³-hybridized carbons (Fsp3) is 0.647. The number of hydrogen-bond donors (Lipinski definition) is 1. The second-order valence-corrected chi connectivity index (χ2v) is 6.07. The van der Waals surface area contributed by atoms with Gasteiger partial charge in [-0.1, -0.05) is 24.3 Å². The monoisotopic (exact) mass is 259 g/mol. The van der Waals surface area contributed by atoms with Crippen LogP contribution in [0.3, 0.4) is 0 Å². The Balaban J connectivity index is 1.53. The van der Waals surface area contributed by atoms with E-state index in [0.29, 0.717) is 17.9 Å². The van der Waals surface area contributed by atoms with E-state index in [1.54, 1.807) is 11.1 Å². The van der Waals surface area contributed by atoms with Gasteiger partial charge in [0.2, 0.25) is 0 Å². The molecule has 0 amide bonds. The van der Waals surface area contributed by atoms with E-state index in [2.05, 4.69) is 36.5 Å². The van der Waals surface area contributed by atoms with Gasteiger partial charge in [0.15, 0.2) is 0 Å². The third-order valence-electron chi connectivity index (χ3n) is 4.82. The normalized spacial score (nSPS) is 30.3. The molecule has 1 saturated heterocycles. The summed E-state index contributed by atoms with van der Waals surface area (Å²) >= 11 is 0. The summed E-state index contributed by atoms with van der Waals surface area (Å²) in [5.41, 5.74) is 3.15. The van der Waals surface area contributed by atoms with Crippen molar-refractivity contribution in [2.24, 2.45) is 5.92 Å². The van der Waals surface area contributed by atoms with Crippen LogP contribution < -0.4 is 5.32 Å². The summed E-state index contributed by atoms with van der Waals surface area (Å²) in [5.74, 6) is 1.42. The first-order valence-electron chi connectivity index (χ1n) is 7.74. The molecule has 3 unspecified atom stereocenters. The number of hydrogen-bond acceptors (Lipinski definition) is 2. The maximum Gasteiger partial charge on any atom is 0.0588 e. The van der Waals surface area contributed by atoms with Crippen molar-refractivity contribution >= 4 is 0 Å². The van der Waals surface area contributed by atoms with Crippen molar-refractivity contribution in [1.29, 1.82) is 0 Å². The van der Waals surface area contributed by atoms with Gasteiger partial charge in [0.25, 0.3) is 0 Å². The first kappa shape index (κ1) is 13.1. The SMILES string of the molecule is CC1OCCC1CNCC1CCCc2ccccc21. The van der Waals surface area contributed by atoms with Crippen molar-refractivity contribution in [1.82, 2.24) is 5.32 Å². The summed E-state index contributed by atoms with van der Waals surface area (Å²) in [6.45, 7) is 5.38. The molecule has 2 heteroatoms. The summed E-state index contributed by atoms with van der Waals surface area (Å²) in [4.78, 5) is 0. The van der Waals surface area contributed by atoms with Crippen LogP contribution in [0, 0.1) is 5.92 Å². The second-order valence-electron chi connectivity index (χ2n) is 6.07. The van der Waals surface area contributed by atoms with Gasteiger partial charge in [0, 0.05) is 19.7 Å². The quantitative estimate of drug-likeness (QED) is 0.897. The minimum Gasteiger partial charge on any atom is -0.378 e. The first-order chi connectivity index (χ1) is 9.34. The molecule has 1 heterocycles. The molecule has 0 spiro atoms. The molecule has 1 N–H and O–H groups in total. The standard InChI is InChI=1S/C17H25NO/c1-13-15(9-10-19-13)11-18-12-16-7-4-6-14-5-2-3-8-17(14)16/h2-3,5,8,13,15-16,18H,4,6-7,9-12H2,1H3. The highest BCUT2D eigenvalue weighted by Crippen LogP contribution is 2.31. The van der Waals surface area contributed by atoms with Crippen LogP contribution in [0.15, 0.2) is 24.3 Å². The number of aryl methyl sites for hydroxylation is 1. The first-order valence-corrected chi connectivity index (χ1v) is 7.74. The summed E-state index contributed by atoms with van der Waals surface area (Å²) < 4.78 is 5.62. The average molecular weight is 259 g/mol. The Hall–Kier alpha value is -0.860. The Kier molecular flexibility index (Phi) is 4.19. The second kappa shape index (κ2) is 6.06. The molecule has 2 aliphatic rings. The highest BCUT2D eigenvalue weighted by Gasteiger charge is 2.24. The summed E-state index contributed by atoms with van der Waals surface area (Å²) in [6.07, 6.45) is 5.59. The third kappa shape index (κ3) is 3.01. The molecule has 2 nitrogen and oxygen atoms in total. The van der Waals surface area contributed by atoms with Crippen molar-refractivity contribution in [3.8, 4) is 0 Å². The minimum absolute atomic E-state index is 0.436. The molecule has 1 aromatic carbocycles. The van der Waals surface area contributed by atoms with Gasteiger partial charge < -0.3 is 10.1 Å². The zero-order valence-corrected chi connectivity index (χ0v) is 11.9. The van der Waals surface area contributed by atoms with Gasteiger partial charge >= 0.3 is 0 Å². The van der Waals surface area contributed by atoms with Gasteiger partial charge in [-0.3, -0.25) is 0 Å². The van der Waals surface area contributed by atoms with Crippen LogP contribution in [0.4, 0.5) is 0 Å². The molecule has 1 fully saturated rings. The molecular formula is C17H25NO. The van der Waals surface area contributed by atoms with Gasteiger partial charge in [-0.25, -0.2) is 0 Å². The lowest BCUT2D eigenvalue weighted by atomic mass is 9.83. The van der Waals surface area contributed by atoms with E-state index in [1.165, 1.54) is 25.7 Å². The zero-order valence-electron chi connectivity index (χ0n) is 11.9. The van der Waals surface area contributed by atoms with Crippen LogP contribution >= 0.6 is 0 Å². The third-order valence-corrected chi connectivity index (χ3v) is 4.82. The number of fused-ring (bicyclic) bond motifs is 1. The summed E-state index contributed by atoms with van der Waals surface area (Å²) in [6, 6.07) is 8.98. The van der Waals surface area contributed by atoms with E-state index in [4.69, 9.17) is 4.74 Å². The summed E-state index contributed by atoms with van der Waals surface area (Å²) in [5, 5.41) is 3.69. The van der Waals surface area contributed by atoms with Gasteiger partial charge in [-0.15, -0.1) is 0 Å². The number of rotatable bonds is 4. The van der Waals surface area contributed by atoms with E-state index in [-0.39, 0.29) is 0 Å². The zero-order chi connectivity index (χ0) is 13.1. The Morgan fingerprint density at radius 3 is 2.95 bits per heavy atom. The minimum atomic E-state index is 0.436. The lowest BCUT2D eigenvalue weighted by Gasteiger charge is -2.26. The lowest BCUT2D eigenvalue weighted by molar-refractivity contribution is 0.105. The molecule has 0 radical (unpaired) electrons. The molecule has 3 atom stereocenters. The predicted molar refractivity (Wildman–Crippen MR) is 78.5 cm³/mol. The Labute approximate surface area is 116 Å². The van der Waals surface area contributed by atoms with Crippen molar-refractivity contribution in [3.05, 3.63) is 35.4 Å². The maximum atomic E-state index is 5.62. The molecule has 0 bridgehead atoms. The maximum absolute atomic E-state index is 5.62. The molecule has 0 saturated carbocycles. The molecule has 1 aliphatic heterocycles. The average Bonchev–Trinajstić information content (AvgIpc) is 2.85. The molecule has 1 aromatic rings. The predicted octanol–water partition coefficient (Wildman–Crippen LogP) is 3.12. The van der Waals surface area contributed by atoms with E-state index in [0.717, 1.165) is 19.7 Å². The van der Waals surface area contributed by atoms with Crippen molar-refractivity contribution in [2.45, 2.75) is 44.6 Å².